The average Bonchev–Trinajstić information content (AvgIpc) is 2.36. The third kappa shape index (κ3) is 5.38. The molecule has 0 radical (unpaired) electrons. The van der Waals surface area contributed by atoms with E-state index < -0.39 is 41.7 Å². The van der Waals surface area contributed by atoms with Crippen LogP contribution in [0.5, 0.6) is 0 Å². The molecule has 9 heteroatoms. The lowest BCUT2D eigenvalue weighted by atomic mass is 10.2. The molecule has 0 heterocycles. The summed E-state index contributed by atoms with van der Waals surface area (Å²) in [6.45, 7) is 1.29. The smallest absolute Gasteiger partial charge is 0.430 e. The summed E-state index contributed by atoms with van der Waals surface area (Å²) in [5.74, 6) is -1.16. The van der Waals surface area contributed by atoms with Gasteiger partial charge in [-0.3, -0.25) is 4.79 Å². The van der Waals surface area contributed by atoms with E-state index in [1.54, 1.807) is 0 Å². The fourth-order valence-corrected chi connectivity index (χ4v) is 1.46. The van der Waals surface area contributed by atoms with Crippen molar-refractivity contribution in [2.45, 2.75) is 25.7 Å². The minimum atomic E-state index is -4.96. The summed E-state index contributed by atoms with van der Waals surface area (Å²) in [6.07, 6.45) is -10.8. The van der Waals surface area contributed by atoms with Gasteiger partial charge in [-0.25, -0.2) is 4.99 Å². The topological polar surface area (TPSA) is 38.7 Å². The van der Waals surface area contributed by atoms with Gasteiger partial charge < -0.3 is 4.74 Å². The molecular weight excluding hydrogens is 316 g/mol. The van der Waals surface area contributed by atoms with Crippen molar-refractivity contribution in [2.75, 3.05) is 6.61 Å². The summed E-state index contributed by atoms with van der Waals surface area (Å²) < 4.78 is 80.2. The molecule has 0 N–H and O–H groups in total. The van der Waals surface area contributed by atoms with Crippen LogP contribution in [0.1, 0.15) is 18.9 Å². The van der Waals surface area contributed by atoms with E-state index in [-0.39, 0.29) is 6.61 Å². The number of ether oxygens (including phenoxy) is 1. The van der Waals surface area contributed by atoms with E-state index >= 15 is 0 Å². The molecule has 0 saturated heterocycles. The van der Waals surface area contributed by atoms with Gasteiger partial charge in [-0.05, 0) is 25.1 Å². The van der Waals surface area contributed by atoms with Crippen molar-refractivity contribution in [3.05, 3.63) is 29.8 Å². The Labute approximate surface area is 121 Å². The molecule has 0 atom stereocenters. The Morgan fingerprint density at radius 1 is 1.18 bits per heavy atom. The van der Waals surface area contributed by atoms with Crippen LogP contribution < -0.4 is 0 Å². The number of halogens is 6. The Morgan fingerprint density at radius 3 is 2.32 bits per heavy atom. The van der Waals surface area contributed by atoms with Crippen molar-refractivity contribution < 1.29 is 35.9 Å². The normalized spacial score (nSPS) is 13.1. The summed E-state index contributed by atoms with van der Waals surface area (Å²) in [5, 5.41) is 0. The molecule has 0 aliphatic carbocycles. The van der Waals surface area contributed by atoms with Crippen molar-refractivity contribution in [1.82, 2.24) is 0 Å². The fraction of sp³-hybridized carbons (Fsp3) is 0.385. The lowest BCUT2D eigenvalue weighted by molar-refractivity contribution is -0.142. The van der Waals surface area contributed by atoms with Gasteiger partial charge in [0.2, 0.25) is 0 Å². The zero-order valence-corrected chi connectivity index (χ0v) is 11.3. The highest BCUT2D eigenvalue weighted by Crippen LogP contribution is 2.32. The minimum absolute atomic E-state index is 0.118. The van der Waals surface area contributed by atoms with Gasteiger partial charge in [0, 0.05) is 0 Å². The van der Waals surface area contributed by atoms with E-state index in [9.17, 15) is 31.1 Å². The number of hydrogen-bond donors (Lipinski definition) is 0. The molecule has 0 unspecified atom stereocenters. The molecule has 0 aromatic heterocycles. The van der Waals surface area contributed by atoms with E-state index in [1.165, 1.54) is 6.92 Å². The van der Waals surface area contributed by atoms with Crippen LogP contribution in [-0.2, 0) is 15.7 Å². The first kappa shape index (κ1) is 18.0. The molecule has 0 saturated carbocycles. The molecule has 0 aliphatic rings. The highest BCUT2D eigenvalue weighted by molar-refractivity contribution is 6.03. The molecule has 3 nitrogen and oxygen atoms in total. The Hall–Kier alpha value is -2.06. The van der Waals surface area contributed by atoms with Gasteiger partial charge in [0.15, 0.2) is 0 Å². The van der Waals surface area contributed by atoms with Crippen LogP contribution in [0, 0.1) is 0 Å². The zero-order chi connectivity index (χ0) is 17.0. The molecule has 1 rings (SSSR count). The highest BCUT2D eigenvalue weighted by atomic mass is 19.4. The van der Waals surface area contributed by atoms with Gasteiger partial charge >= 0.3 is 18.3 Å². The number of esters is 1. The summed E-state index contributed by atoms with van der Waals surface area (Å²) in [5.41, 5.74) is -3.21. The van der Waals surface area contributed by atoms with Crippen LogP contribution in [0.2, 0.25) is 0 Å². The number of nitrogens with zero attached hydrogens (tertiary/aromatic N) is 1. The van der Waals surface area contributed by atoms with Crippen LogP contribution in [0.3, 0.4) is 0 Å². The second-order valence-electron chi connectivity index (χ2n) is 4.09. The molecular formula is C13H11F6NO2. The van der Waals surface area contributed by atoms with Gasteiger partial charge in [-0.2, -0.15) is 26.3 Å². The third-order valence-electron chi connectivity index (χ3n) is 2.38. The van der Waals surface area contributed by atoms with Crippen LogP contribution in [0.15, 0.2) is 29.3 Å². The molecule has 22 heavy (non-hydrogen) atoms. The zero-order valence-electron chi connectivity index (χ0n) is 11.3. The quantitative estimate of drug-likeness (QED) is 0.470. The second-order valence-corrected chi connectivity index (χ2v) is 4.09. The fourth-order valence-electron chi connectivity index (χ4n) is 1.46. The van der Waals surface area contributed by atoms with E-state index in [1.807, 2.05) is 0 Å². The summed E-state index contributed by atoms with van der Waals surface area (Å²) in [4.78, 5) is 14.3. The van der Waals surface area contributed by atoms with Crippen molar-refractivity contribution in [3.63, 3.8) is 0 Å². The molecule has 1 aromatic rings. The maximum atomic E-state index is 12.8. The number of benzene rings is 1. The molecule has 0 aliphatic heterocycles. The first-order valence-electron chi connectivity index (χ1n) is 6.01. The summed E-state index contributed by atoms with van der Waals surface area (Å²) in [7, 11) is 0. The van der Waals surface area contributed by atoms with Crippen LogP contribution >= 0.6 is 0 Å². The van der Waals surface area contributed by atoms with E-state index in [0.29, 0.717) is 12.1 Å². The Bertz CT molecular complexity index is 562. The Balaban J connectivity index is 3.15. The lowest BCUT2D eigenvalue weighted by Crippen LogP contribution is -2.26. The minimum Gasteiger partial charge on any atom is -0.466 e. The van der Waals surface area contributed by atoms with E-state index in [0.717, 1.165) is 12.1 Å². The SMILES string of the molecule is CCOC(=O)CC(=Nc1cccc(C(F)(F)F)c1)C(F)(F)F. The van der Waals surface area contributed by atoms with Crippen molar-refractivity contribution >= 4 is 17.4 Å². The van der Waals surface area contributed by atoms with Crippen LogP contribution in [0.4, 0.5) is 32.0 Å². The molecule has 0 spiro atoms. The van der Waals surface area contributed by atoms with Gasteiger partial charge in [0.05, 0.1) is 24.3 Å². The monoisotopic (exact) mass is 327 g/mol. The predicted molar refractivity (Wildman–Crippen MR) is 65.8 cm³/mol. The predicted octanol–water partition coefficient (Wildman–Crippen LogP) is 4.29. The Morgan fingerprint density at radius 2 is 1.82 bits per heavy atom. The second kappa shape index (κ2) is 6.80. The number of rotatable bonds is 4. The molecule has 122 valence electrons. The van der Waals surface area contributed by atoms with Gasteiger partial charge in [0.25, 0.3) is 0 Å². The molecule has 0 bridgehead atoms. The number of alkyl halides is 6. The molecule has 0 fully saturated rings. The number of hydrogen-bond acceptors (Lipinski definition) is 3. The maximum absolute atomic E-state index is 12.8. The number of carbonyl (C=O) groups is 1. The first-order chi connectivity index (χ1) is 10.0. The summed E-state index contributed by atoms with van der Waals surface area (Å²) >= 11 is 0. The standard InChI is InChI=1S/C13H11F6NO2/c1-2-22-11(21)7-10(13(17,18)19)20-9-5-3-4-8(6-9)12(14,15)16/h3-6H,2,7H2,1H3. The largest absolute Gasteiger partial charge is 0.466 e. The van der Waals surface area contributed by atoms with Crippen LogP contribution in [-0.4, -0.2) is 24.5 Å². The average molecular weight is 327 g/mol. The van der Waals surface area contributed by atoms with E-state index in [2.05, 4.69) is 9.73 Å². The highest BCUT2D eigenvalue weighted by Gasteiger charge is 2.37. The van der Waals surface area contributed by atoms with Crippen LogP contribution in [0.25, 0.3) is 0 Å². The van der Waals surface area contributed by atoms with Crippen molar-refractivity contribution in [1.29, 1.82) is 0 Å². The maximum Gasteiger partial charge on any atom is 0.430 e. The first-order valence-corrected chi connectivity index (χ1v) is 6.01. The van der Waals surface area contributed by atoms with Crippen molar-refractivity contribution in [3.8, 4) is 0 Å². The number of aliphatic imine (C=N–C) groups is 1. The Kier molecular flexibility index (Phi) is 5.56. The van der Waals surface area contributed by atoms with Gasteiger partial charge in [-0.1, -0.05) is 6.07 Å². The third-order valence-corrected chi connectivity index (χ3v) is 2.38. The lowest BCUT2D eigenvalue weighted by Gasteiger charge is -2.11. The van der Waals surface area contributed by atoms with Crippen molar-refractivity contribution in [2.24, 2.45) is 4.99 Å². The van der Waals surface area contributed by atoms with Gasteiger partial charge in [-0.15, -0.1) is 0 Å². The van der Waals surface area contributed by atoms with E-state index in [4.69, 9.17) is 0 Å². The summed E-state index contributed by atoms with van der Waals surface area (Å²) in [6, 6.07) is 3.08. The molecule has 0 amide bonds. The molecule has 1 aromatic carbocycles. The van der Waals surface area contributed by atoms with Gasteiger partial charge in [0.1, 0.15) is 5.71 Å². The number of carbonyl (C=O) groups excluding carboxylic acids is 1.